The van der Waals surface area contributed by atoms with Gasteiger partial charge in [0.05, 0.1) is 25.4 Å². The molecule has 0 heterocycles. The summed E-state index contributed by atoms with van der Waals surface area (Å²) in [6.07, 6.45) is 93.9. The minimum absolute atomic E-state index is 0.0103. The summed E-state index contributed by atoms with van der Waals surface area (Å²) in [7, 11) is 0. The van der Waals surface area contributed by atoms with Gasteiger partial charge in [-0.2, -0.15) is 0 Å². The van der Waals surface area contributed by atoms with Crippen molar-refractivity contribution in [3.8, 4) is 0 Å². The quantitative estimate of drug-likeness (QED) is 0.0320. The van der Waals surface area contributed by atoms with Crippen LogP contribution in [0.3, 0.4) is 0 Å². The van der Waals surface area contributed by atoms with E-state index in [4.69, 9.17) is 4.74 Å². The molecule has 2 unspecified atom stereocenters. The average Bonchev–Trinajstić information content (AvgIpc) is 3.53. The summed E-state index contributed by atoms with van der Waals surface area (Å²) in [6, 6.07) is -0.542. The van der Waals surface area contributed by atoms with Crippen molar-refractivity contribution in [1.29, 1.82) is 0 Å². The Morgan fingerprint density at radius 2 is 0.595 bits per heavy atom. The lowest BCUT2D eigenvalue weighted by atomic mass is 10.0. The number of hydrogen-bond acceptors (Lipinski definition) is 5. The lowest BCUT2D eigenvalue weighted by Crippen LogP contribution is -2.45. The van der Waals surface area contributed by atoms with Crippen molar-refractivity contribution in [2.45, 2.75) is 450 Å². The summed E-state index contributed by atoms with van der Waals surface area (Å²) >= 11 is 0. The second-order valence-corrected chi connectivity index (χ2v) is 26.7. The molecule has 0 aliphatic rings. The molecule has 0 aliphatic heterocycles. The molecule has 0 spiro atoms. The summed E-state index contributed by atoms with van der Waals surface area (Å²) in [4.78, 5) is 24.7. The Labute approximate surface area is 526 Å². The van der Waals surface area contributed by atoms with Crippen LogP contribution in [0, 0.1) is 0 Å². The second-order valence-electron chi connectivity index (χ2n) is 26.7. The van der Waals surface area contributed by atoms with Crippen molar-refractivity contribution in [1.82, 2.24) is 5.32 Å². The van der Waals surface area contributed by atoms with Crippen LogP contribution in [-0.4, -0.2) is 47.4 Å². The van der Waals surface area contributed by atoms with E-state index in [2.05, 4.69) is 43.5 Å². The van der Waals surface area contributed by atoms with Gasteiger partial charge in [0.25, 0.3) is 0 Å². The Morgan fingerprint density at radius 1 is 0.333 bits per heavy atom. The van der Waals surface area contributed by atoms with E-state index in [1.54, 1.807) is 0 Å². The van der Waals surface area contributed by atoms with Gasteiger partial charge in [0.2, 0.25) is 5.91 Å². The van der Waals surface area contributed by atoms with Gasteiger partial charge in [0, 0.05) is 12.8 Å². The zero-order valence-electron chi connectivity index (χ0n) is 57.2. The molecule has 0 saturated carbocycles. The highest BCUT2D eigenvalue weighted by atomic mass is 16.5. The first-order chi connectivity index (χ1) is 41.5. The third-order valence-electron chi connectivity index (χ3n) is 18.3. The van der Waals surface area contributed by atoms with Crippen molar-refractivity contribution >= 4 is 11.9 Å². The zero-order valence-corrected chi connectivity index (χ0v) is 57.2. The number of allylic oxidation sites excluding steroid dienone is 4. The van der Waals surface area contributed by atoms with E-state index >= 15 is 0 Å². The van der Waals surface area contributed by atoms with Gasteiger partial charge in [-0.15, -0.1) is 0 Å². The Morgan fingerprint density at radius 3 is 0.917 bits per heavy atom. The van der Waals surface area contributed by atoms with Gasteiger partial charge in [-0.3, -0.25) is 9.59 Å². The van der Waals surface area contributed by atoms with Crippen LogP contribution in [0.4, 0.5) is 0 Å². The fraction of sp³-hybridized carbons (Fsp3) is 0.923. The van der Waals surface area contributed by atoms with Crippen LogP contribution in [0.5, 0.6) is 0 Å². The third kappa shape index (κ3) is 69.4. The highest BCUT2D eigenvalue weighted by Crippen LogP contribution is 2.20. The van der Waals surface area contributed by atoms with Crippen molar-refractivity contribution < 1.29 is 24.5 Å². The summed E-state index contributed by atoms with van der Waals surface area (Å²) in [5.74, 6) is -0.0175. The van der Waals surface area contributed by atoms with Crippen LogP contribution in [0.25, 0.3) is 0 Å². The molecule has 498 valence electrons. The van der Waals surface area contributed by atoms with Crippen LogP contribution in [0.1, 0.15) is 438 Å². The minimum atomic E-state index is -0.665. The number of aliphatic hydroxyl groups is 2. The lowest BCUT2D eigenvalue weighted by Gasteiger charge is -2.22. The highest BCUT2D eigenvalue weighted by Gasteiger charge is 2.20. The van der Waals surface area contributed by atoms with Gasteiger partial charge in [0.1, 0.15) is 0 Å². The highest BCUT2D eigenvalue weighted by molar-refractivity contribution is 5.76. The summed E-state index contributed by atoms with van der Waals surface area (Å²) in [5, 5.41) is 23.5. The number of ether oxygens (including phenoxy) is 1. The molecule has 0 saturated heterocycles. The predicted octanol–water partition coefficient (Wildman–Crippen LogP) is 25.3. The molecule has 6 heteroatoms. The first kappa shape index (κ1) is 82.3. The number of nitrogens with one attached hydrogen (secondary N) is 1. The number of rotatable bonds is 73. The molecule has 0 bridgehead atoms. The standard InChI is InChI=1S/C78H151NO5/c1-3-5-7-9-11-13-15-17-19-21-23-24-25-29-32-35-38-42-46-50-54-58-62-66-70-76(81)75(74-80)79-77(82)71-67-63-59-55-51-47-43-39-36-33-30-27-26-28-31-34-37-41-45-49-53-57-61-65-69-73-84-78(83)72-68-64-60-56-52-48-44-40-22-20-18-16-14-12-10-8-6-4-2/h14,16,20,22,75-76,80-81H,3-13,15,17-19,21,23-74H2,1-2H3,(H,79,82)/b16-14-,22-20-. The molecule has 0 aromatic carbocycles. The van der Waals surface area contributed by atoms with Gasteiger partial charge in [0.15, 0.2) is 0 Å². The monoisotopic (exact) mass is 1180 g/mol. The van der Waals surface area contributed by atoms with E-state index in [0.717, 1.165) is 51.4 Å². The molecule has 3 N–H and O–H groups in total. The number of carbonyl (C=O) groups excluding carboxylic acids is 2. The zero-order chi connectivity index (χ0) is 60.6. The summed E-state index contributed by atoms with van der Waals surface area (Å²) in [5.41, 5.74) is 0. The molecule has 0 aromatic heterocycles. The van der Waals surface area contributed by atoms with Gasteiger partial charge >= 0.3 is 5.97 Å². The van der Waals surface area contributed by atoms with Crippen molar-refractivity contribution in [2.24, 2.45) is 0 Å². The van der Waals surface area contributed by atoms with E-state index in [-0.39, 0.29) is 18.5 Å². The molecular formula is C78H151NO5. The molecule has 0 rings (SSSR count). The topological polar surface area (TPSA) is 95.9 Å². The van der Waals surface area contributed by atoms with E-state index in [1.165, 1.54) is 353 Å². The smallest absolute Gasteiger partial charge is 0.305 e. The van der Waals surface area contributed by atoms with Crippen molar-refractivity contribution in [2.75, 3.05) is 13.2 Å². The Bertz CT molecular complexity index is 1320. The van der Waals surface area contributed by atoms with Crippen molar-refractivity contribution in [3.05, 3.63) is 24.3 Å². The van der Waals surface area contributed by atoms with Gasteiger partial charge in [-0.1, -0.05) is 391 Å². The molecule has 1 amide bonds. The number of carbonyl (C=O) groups is 2. The Hall–Kier alpha value is -1.66. The predicted molar refractivity (Wildman–Crippen MR) is 370 cm³/mol. The van der Waals surface area contributed by atoms with Crippen LogP contribution in [0.2, 0.25) is 0 Å². The number of esters is 1. The normalized spacial score (nSPS) is 12.6. The van der Waals surface area contributed by atoms with Crippen molar-refractivity contribution in [3.63, 3.8) is 0 Å². The first-order valence-corrected chi connectivity index (χ1v) is 38.6. The van der Waals surface area contributed by atoms with Gasteiger partial charge in [-0.25, -0.2) is 0 Å². The largest absolute Gasteiger partial charge is 0.466 e. The Balaban J connectivity index is 3.36. The van der Waals surface area contributed by atoms with Gasteiger partial charge in [-0.05, 0) is 57.8 Å². The molecular weight excluding hydrogens is 1030 g/mol. The molecule has 0 aliphatic carbocycles. The molecule has 84 heavy (non-hydrogen) atoms. The number of unbranched alkanes of at least 4 members (excludes halogenated alkanes) is 58. The Kier molecular flexibility index (Phi) is 72.3. The summed E-state index contributed by atoms with van der Waals surface area (Å²) in [6.45, 7) is 4.98. The molecule has 0 radical (unpaired) electrons. The van der Waals surface area contributed by atoms with Crippen LogP contribution in [-0.2, 0) is 14.3 Å². The fourth-order valence-electron chi connectivity index (χ4n) is 12.4. The number of hydrogen-bond donors (Lipinski definition) is 3. The first-order valence-electron chi connectivity index (χ1n) is 38.6. The third-order valence-corrected chi connectivity index (χ3v) is 18.3. The molecule has 2 atom stereocenters. The number of amides is 1. The maximum Gasteiger partial charge on any atom is 0.305 e. The molecule has 0 fully saturated rings. The van der Waals surface area contributed by atoms with E-state index < -0.39 is 12.1 Å². The van der Waals surface area contributed by atoms with Crippen LogP contribution < -0.4 is 5.32 Å². The molecule has 6 nitrogen and oxygen atoms in total. The van der Waals surface area contributed by atoms with Crippen LogP contribution >= 0.6 is 0 Å². The lowest BCUT2D eigenvalue weighted by molar-refractivity contribution is -0.143. The van der Waals surface area contributed by atoms with Crippen LogP contribution in [0.15, 0.2) is 24.3 Å². The van der Waals surface area contributed by atoms with E-state index in [1.807, 2.05) is 0 Å². The number of aliphatic hydroxyl groups excluding tert-OH is 2. The molecule has 0 aromatic rings. The van der Waals surface area contributed by atoms with E-state index in [9.17, 15) is 19.8 Å². The van der Waals surface area contributed by atoms with Gasteiger partial charge < -0.3 is 20.3 Å². The fourth-order valence-corrected chi connectivity index (χ4v) is 12.4. The summed E-state index contributed by atoms with van der Waals surface area (Å²) < 4.78 is 5.51. The SMILES string of the molecule is CCCCCC/C=C\C/C=C\CCCCCCCCCC(=O)OCCCCCCCCCCCCCCCCCCCCCCCCCCCC(=O)NC(CO)C(O)CCCCCCCCCCCCCCCCCCCCCCCCCC. The minimum Gasteiger partial charge on any atom is -0.466 e. The average molecular weight is 1180 g/mol. The second kappa shape index (κ2) is 73.8. The maximum atomic E-state index is 12.6. The van der Waals surface area contributed by atoms with E-state index in [0.29, 0.717) is 25.9 Å². The maximum absolute atomic E-state index is 12.6.